The largest absolute Gasteiger partial charge is 0.490 e. The number of aromatic carboxylic acids is 1. The van der Waals surface area contributed by atoms with Crippen LogP contribution in [0.4, 0.5) is 4.79 Å². The lowest BCUT2D eigenvalue weighted by Crippen LogP contribution is -2.42. The molecule has 200 valence electrons. The first-order valence-corrected chi connectivity index (χ1v) is 13.4. The second-order valence-corrected chi connectivity index (χ2v) is 9.99. The third-order valence-corrected chi connectivity index (χ3v) is 7.19. The van der Waals surface area contributed by atoms with E-state index in [1.165, 1.54) is 12.1 Å². The van der Waals surface area contributed by atoms with E-state index in [1.807, 2.05) is 6.92 Å². The van der Waals surface area contributed by atoms with Crippen molar-refractivity contribution >= 4 is 40.9 Å². The average Bonchev–Trinajstić information content (AvgIpc) is 3.09. The minimum Gasteiger partial charge on any atom is -0.490 e. The molecule has 9 nitrogen and oxygen atoms in total. The van der Waals surface area contributed by atoms with Crippen molar-refractivity contribution in [2.45, 2.75) is 39.2 Å². The molecule has 2 aromatic carbocycles. The fourth-order valence-electron chi connectivity index (χ4n) is 4.25. The molecule has 0 atom stereocenters. The Bertz CT molecular complexity index is 1230. The number of nitrogens with zero attached hydrogens (tertiary/aromatic N) is 2. The first-order chi connectivity index (χ1) is 18.4. The number of hydrogen-bond donors (Lipinski definition) is 1. The van der Waals surface area contributed by atoms with Gasteiger partial charge in [-0.2, -0.15) is 0 Å². The Morgan fingerprint density at radius 1 is 0.974 bits per heavy atom. The molecular formula is C28H30N2O7S. The quantitative estimate of drug-likeness (QED) is 0.453. The fraction of sp³-hybridized carbons (Fsp3) is 0.357. The molecule has 0 saturated carbocycles. The van der Waals surface area contributed by atoms with Gasteiger partial charge < -0.3 is 19.5 Å². The molecule has 2 fully saturated rings. The second kappa shape index (κ2) is 12.6. The van der Waals surface area contributed by atoms with Crippen LogP contribution < -0.4 is 9.47 Å². The molecule has 38 heavy (non-hydrogen) atoms. The molecule has 2 aromatic rings. The fourth-order valence-corrected chi connectivity index (χ4v) is 5.09. The monoisotopic (exact) mass is 538 g/mol. The van der Waals surface area contributed by atoms with Crippen molar-refractivity contribution in [1.82, 2.24) is 9.80 Å². The summed E-state index contributed by atoms with van der Waals surface area (Å²) < 4.78 is 11.6. The van der Waals surface area contributed by atoms with Crippen molar-refractivity contribution in [3.63, 3.8) is 0 Å². The van der Waals surface area contributed by atoms with Gasteiger partial charge >= 0.3 is 5.97 Å². The molecule has 0 unspecified atom stereocenters. The van der Waals surface area contributed by atoms with Gasteiger partial charge in [0.25, 0.3) is 11.1 Å². The van der Waals surface area contributed by atoms with Crippen molar-refractivity contribution in [1.29, 1.82) is 0 Å². The number of hydrogen-bond acceptors (Lipinski definition) is 7. The van der Waals surface area contributed by atoms with Gasteiger partial charge in [-0.15, -0.1) is 0 Å². The highest BCUT2D eigenvalue weighted by Gasteiger charge is 2.37. The summed E-state index contributed by atoms with van der Waals surface area (Å²) in [5.74, 6) is -0.713. The summed E-state index contributed by atoms with van der Waals surface area (Å²) in [6.45, 7) is 3.52. The summed E-state index contributed by atoms with van der Waals surface area (Å²) in [4.78, 5) is 52.3. The van der Waals surface area contributed by atoms with Crippen LogP contribution in [0.2, 0.25) is 0 Å². The maximum Gasteiger partial charge on any atom is 0.335 e. The van der Waals surface area contributed by atoms with E-state index in [4.69, 9.17) is 14.6 Å². The summed E-state index contributed by atoms with van der Waals surface area (Å²) in [6, 6.07) is 11.6. The number of benzene rings is 2. The number of carbonyl (C=O) groups excluding carboxylic acids is 3. The first-order valence-electron chi connectivity index (χ1n) is 12.6. The van der Waals surface area contributed by atoms with Gasteiger partial charge in [0.1, 0.15) is 13.2 Å². The van der Waals surface area contributed by atoms with E-state index in [0.717, 1.165) is 47.9 Å². The summed E-state index contributed by atoms with van der Waals surface area (Å²) in [7, 11) is 0. The third kappa shape index (κ3) is 6.74. The number of rotatable bonds is 9. The van der Waals surface area contributed by atoms with Crippen LogP contribution in [0.15, 0.2) is 47.4 Å². The summed E-state index contributed by atoms with van der Waals surface area (Å²) >= 11 is 0.817. The van der Waals surface area contributed by atoms with Crippen LogP contribution in [0.5, 0.6) is 11.5 Å². The Morgan fingerprint density at radius 3 is 2.34 bits per heavy atom. The van der Waals surface area contributed by atoms with E-state index in [1.54, 1.807) is 41.3 Å². The second-order valence-electron chi connectivity index (χ2n) is 8.99. The molecule has 2 heterocycles. The number of carbonyl (C=O) groups is 4. The standard InChI is InChI=1S/C28H30N2O7S/c1-2-36-23-15-20(9-12-22(23)37-18-19-7-10-21(11-8-19)27(33)34)16-24-26(32)30(28(35)38-24)17-25(31)29-13-5-3-4-6-14-29/h7-12,15-16H,2-6,13-14,17-18H2,1H3,(H,33,34). The maximum absolute atomic E-state index is 13.0. The van der Waals surface area contributed by atoms with E-state index in [0.29, 0.717) is 36.8 Å². The summed E-state index contributed by atoms with van der Waals surface area (Å²) in [5, 5.41) is 8.59. The predicted octanol–water partition coefficient (Wildman–Crippen LogP) is 4.80. The van der Waals surface area contributed by atoms with Crippen LogP contribution in [-0.4, -0.2) is 64.2 Å². The number of carboxylic acid groups (broad SMARTS) is 1. The molecule has 2 saturated heterocycles. The third-order valence-electron chi connectivity index (χ3n) is 6.29. The molecule has 1 N–H and O–H groups in total. The van der Waals surface area contributed by atoms with Gasteiger partial charge in [-0.05, 0) is 73.0 Å². The van der Waals surface area contributed by atoms with Crippen LogP contribution in [0.1, 0.15) is 54.1 Å². The van der Waals surface area contributed by atoms with Crippen LogP contribution in [0.3, 0.4) is 0 Å². The number of imide groups is 1. The van der Waals surface area contributed by atoms with Gasteiger partial charge in [-0.1, -0.05) is 31.0 Å². The van der Waals surface area contributed by atoms with E-state index < -0.39 is 17.1 Å². The lowest BCUT2D eigenvalue weighted by molar-refractivity contribution is -0.135. The van der Waals surface area contributed by atoms with Crippen LogP contribution >= 0.6 is 11.8 Å². The highest BCUT2D eigenvalue weighted by molar-refractivity contribution is 8.18. The minimum absolute atomic E-state index is 0.198. The van der Waals surface area contributed by atoms with Gasteiger partial charge in [0.05, 0.1) is 17.1 Å². The average molecular weight is 539 g/mol. The molecule has 2 aliphatic heterocycles. The molecular weight excluding hydrogens is 508 g/mol. The Kier molecular flexibility index (Phi) is 9.06. The normalized spacial score (nSPS) is 17.0. The van der Waals surface area contributed by atoms with Gasteiger partial charge in [0, 0.05) is 13.1 Å². The lowest BCUT2D eigenvalue weighted by atomic mass is 10.1. The first kappa shape index (κ1) is 27.3. The highest BCUT2D eigenvalue weighted by atomic mass is 32.2. The Morgan fingerprint density at radius 2 is 1.68 bits per heavy atom. The SMILES string of the molecule is CCOc1cc(C=C2SC(=O)N(CC(=O)N3CCCCCC3)C2=O)ccc1OCc1ccc(C(=O)O)cc1. The number of thioether (sulfide) groups is 1. The topological polar surface area (TPSA) is 113 Å². The molecule has 10 heteroatoms. The zero-order valence-electron chi connectivity index (χ0n) is 21.2. The summed E-state index contributed by atoms with van der Waals surface area (Å²) in [6.07, 6.45) is 5.65. The number of ether oxygens (including phenoxy) is 2. The molecule has 3 amide bonds. The molecule has 0 spiro atoms. The van der Waals surface area contributed by atoms with E-state index >= 15 is 0 Å². The molecule has 2 aliphatic rings. The van der Waals surface area contributed by atoms with Gasteiger partial charge in [-0.25, -0.2) is 4.79 Å². The Hall–Kier alpha value is -3.79. The van der Waals surface area contributed by atoms with Crippen molar-refractivity contribution in [2.75, 3.05) is 26.2 Å². The summed E-state index contributed by atoms with van der Waals surface area (Å²) in [5.41, 5.74) is 1.64. The van der Waals surface area contributed by atoms with Crippen LogP contribution in [0, 0.1) is 0 Å². The van der Waals surface area contributed by atoms with E-state index in [9.17, 15) is 19.2 Å². The van der Waals surface area contributed by atoms with Crippen LogP contribution in [0.25, 0.3) is 6.08 Å². The molecule has 0 aromatic heterocycles. The number of amides is 3. The minimum atomic E-state index is -0.992. The number of carboxylic acids is 1. The van der Waals surface area contributed by atoms with Crippen molar-refractivity contribution < 1.29 is 33.8 Å². The zero-order valence-corrected chi connectivity index (χ0v) is 22.0. The lowest BCUT2D eigenvalue weighted by Gasteiger charge is -2.22. The predicted molar refractivity (Wildman–Crippen MR) is 143 cm³/mol. The van der Waals surface area contributed by atoms with Crippen molar-refractivity contribution in [3.8, 4) is 11.5 Å². The number of likely N-dealkylation sites (tertiary alicyclic amines) is 1. The van der Waals surface area contributed by atoms with Crippen molar-refractivity contribution in [2.24, 2.45) is 0 Å². The molecule has 4 rings (SSSR count). The van der Waals surface area contributed by atoms with Crippen LogP contribution in [-0.2, 0) is 16.2 Å². The molecule has 0 bridgehead atoms. The van der Waals surface area contributed by atoms with Crippen molar-refractivity contribution in [3.05, 3.63) is 64.1 Å². The zero-order chi connectivity index (χ0) is 27.1. The smallest absolute Gasteiger partial charge is 0.335 e. The highest BCUT2D eigenvalue weighted by Crippen LogP contribution is 2.35. The maximum atomic E-state index is 13.0. The van der Waals surface area contributed by atoms with Gasteiger partial charge in [0.2, 0.25) is 5.91 Å². The van der Waals surface area contributed by atoms with Gasteiger partial charge in [0.15, 0.2) is 11.5 Å². The molecule has 0 radical (unpaired) electrons. The Balaban J connectivity index is 1.43. The Labute approximate surface area is 225 Å². The van der Waals surface area contributed by atoms with Gasteiger partial charge in [-0.3, -0.25) is 19.3 Å². The molecule has 0 aliphatic carbocycles. The van der Waals surface area contributed by atoms with E-state index in [2.05, 4.69) is 0 Å². The van der Waals surface area contributed by atoms with E-state index in [-0.39, 0.29) is 29.5 Å².